The zero-order valence-corrected chi connectivity index (χ0v) is 10.7. The van der Waals surface area contributed by atoms with E-state index in [0.29, 0.717) is 16.9 Å². The number of hydrogen-bond donors (Lipinski definition) is 2. The van der Waals surface area contributed by atoms with Crippen molar-refractivity contribution in [3.8, 4) is 11.5 Å². The van der Waals surface area contributed by atoms with Crippen LogP contribution >= 0.6 is 0 Å². The van der Waals surface area contributed by atoms with Crippen LogP contribution in [0.1, 0.15) is 17.2 Å². The largest absolute Gasteiger partial charge is 0.507 e. The molecule has 19 heavy (non-hydrogen) atoms. The number of ether oxygens (including phenoxy) is 1. The number of phenols is 1. The van der Waals surface area contributed by atoms with Gasteiger partial charge >= 0.3 is 0 Å². The maximum Gasteiger partial charge on any atom is 0.125 e. The van der Waals surface area contributed by atoms with Crippen LogP contribution in [0.3, 0.4) is 0 Å². The average molecular weight is 256 g/mol. The molecule has 1 atom stereocenters. The highest BCUT2D eigenvalue weighted by Gasteiger charge is 2.17. The van der Waals surface area contributed by atoms with E-state index in [0.717, 1.165) is 5.56 Å². The van der Waals surface area contributed by atoms with E-state index in [1.54, 1.807) is 12.1 Å². The van der Waals surface area contributed by atoms with Crippen molar-refractivity contribution in [2.75, 3.05) is 7.11 Å². The summed E-state index contributed by atoms with van der Waals surface area (Å²) in [7, 11) is 1.52. The minimum absolute atomic E-state index is 0.0102. The third kappa shape index (κ3) is 2.77. The number of aliphatic hydroxyl groups excluding tert-OH is 1. The Hall–Kier alpha value is -2.26. The van der Waals surface area contributed by atoms with Gasteiger partial charge < -0.3 is 14.9 Å². The van der Waals surface area contributed by atoms with Crippen molar-refractivity contribution in [3.05, 3.63) is 66.2 Å². The van der Waals surface area contributed by atoms with Gasteiger partial charge in [0.2, 0.25) is 0 Å². The second-order valence-electron chi connectivity index (χ2n) is 4.22. The normalized spacial score (nSPS) is 11.9. The Morgan fingerprint density at radius 2 is 1.84 bits per heavy atom. The lowest BCUT2D eigenvalue weighted by molar-refractivity contribution is 0.233. The summed E-state index contributed by atoms with van der Waals surface area (Å²) in [5, 5.41) is 20.2. The van der Waals surface area contributed by atoms with E-state index in [1.807, 2.05) is 30.3 Å². The number of aliphatic hydroxyl groups is 1. The van der Waals surface area contributed by atoms with Crippen molar-refractivity contribution in [2.45, 2.75) is 6.10 Å². The zero-order chi connectivity index (χ0) is 13.8. The van der Waals surface area contributed by atoms with Gasteiger partial charge in [0.1, 0.15) is 17.6 Å². The van der Waals surface area contributed by atoms with Gasteiger partial charge in [-0.2, -0.15) is 0 Å². The molecule has 0 aliphatic heterocycles. The zero-order valence-electron chi connectivity index (χ0n) is 10.7. The second-order valence-corrected chi connectivity index (χ2v) is 4.22. The summed E-state index contributed by atoms with van der Waals surface area (Å²) in [6, 6.07) is 14.2. The van der Waals surface area contributed by atoms with Gasteiger partial charge in [-0.15, -0.1) is 0 Å². The van der Waals surface area contributed by atoms with Crippen LogP contribution in [-0.2, 0) is 0 Å². The lowest BCUT2D eigenvalue weighted by atomic mass is 9.96. The molecule has 0 spiro atoms. The third-order valence-electron chi connectivity index (χ3n) is 3.01. The molecule has 0 saturated carbocycles. The maximum absolute atomic E-state index is 10.3. The topological polar surface area (TPSA) is 49.7 Å². The molecule has 1 unspecified atom stereocenters. The molecule has 0 aliphatic rings. The molecule has 3 heteroatoms. The Kier molecular flexibility index (Phi) is 3.88. The number of benzene rings is 2. The first-order valence-corrected chi connectivity index (χ1v) is 5.92. The summed E-state index contributed by atoms with van der Waals surface area (Å²) >= 11 is 0. The Morgan fingerprint density at radius 1 is 1.16 bits per heavy atom. The highest BCUT2D eigenvalue weighted by molar-refractivity contribution is 5.69. The first kappa shape index (κ1) is 13.2. The van der Waals surface area contributed by atoms with Gasteiger partial charge in [0.25, 0.3) is 0 Å². The minimum Gasteiger partial charge on any atom is -0.507 e. The van der Waals surface area contributed by atoms with Gasteiger partial charge in [-0.05, 0) is 23.3 Å². The van der Waals surface area contributed by atoms with E-state index >= 15 is 0 Å². The highest BCUT2D eigenvalue weighted by Crippen LogP contribution is 2.35. The molecule has 3 nitrogen and oxygen atoms in total. The molecule has 0 radical (unpaired) electrons. The molecule has 0 fully saturated rings. The molecule has 98 valence electrons. The smallest absolute Gasteiger partial charge is 0.125 e. The average Bonchev–Trinajstić information content (AvgIpc) is 2.46. The number of aromatic hydroxyl groups is 1. The van der Waals surface area contributed by atoms with Gasteiger partial charge in [-0.1, -0.05) is 36.9 Å². The molecule has 0 aromatic heterocycles. The first-order valence-electron chi connectivity index (χ1n) is 5.92. The molecule has 0 saturated heterocycles. The predicted molar refractivity (Wildman–Crippen MR) is 75.1 cm³/mol. The van der Waals surface area contributed by atoms with E-state index in [9.17, 15) is 10.2 Å². The van der Waals surface area contributed by atoms with E-state index in [4.69, 9.17) is 4.74 Å². The Labute approximate surface area is 112 Å². The second kappa shape index (κ2) is 5.59. The van der Waals surface area contributed by atoms with Crippen LogP contribution in [0.2, 0.25) is 0 Å². The molecule has 0 amide bonds. The molecule has 0 heterocycles. The fourth-order valence-electron chi connectivity index (χ4n) is 1.88. The van der Waals surface area contributed by atoms with E-state index < -0.39 is 6.10 Å². The Balaban J connectivity index is 2.29. The summed E-state index contributed by atoms with van der Waals surface area (Å²) < 4.78 is 5.01. The first-order chi connectivity index (χ1) is 9.13. The van der Waals surface area contributed by atoms with Gasteiger partial charge in [0.05, 0.1) is 7.11 Å². The lowest BCUT2D eigenvalue weighted by Crippen LogP contribution is -2.00. The van der Waals surface area contributed by atoms with Crippen LogP contribution in [0.15, 0.2) is 55.1 Å². The molecular weight excluding hydrogens is 240 g/mol. The van der Waals surface area contributed by atoms with Crippen LogP contribution in [0.25, 0.3) is 5.57 Å². The molecular formula is C16H16O3. The van der Waals surface area contributed by atoms with Crippen LogP contribution in [0.5, 0.6) is 11.5 Å². The lowest BCUT2D eigenvalue weighted by Gasteiger charge is -2.16. The maximum atomic E-state index is 10.3. The Bertz CT molecular complexity index is 576. The van der Waals surface area contributed by atoms with Gasteiger partial charge in [-0.3, -0.25) is 0 Å². The predicted octanol–water partition coefficient (Wildman–Crippen LogP) is 3.15. The van der Waals surface area contributed by atoms with Gasteiger partial charge in [0.15, 0.2) is 0 Å². The number of rotatable bonds is 4. The molecule has 0 bridgehead atoms. The van der Waals surface area contributed by atoms with E-state index in [-0.39, 0.29) is 5.75 Å². The fraction of sp³-hybridized carbons (Fsp3) is 0.125. The van der Waals surface area contributed by atoms with Crippen molar-refractivity contribution >= 4 is 5.57 Å². The summed E-state index contributed by atoms with van der Waals surface area (Å²) in [4.78, 5) is 0. The third-order valence-corrected chi connectivity index (χ3v) is 3.01. The number of hydrogen-bond acceptors (Lipinski definition) is 3. The number of methoxy groups -OCH3 is 1. The number of phenolic OH excluding ortho intramolecular Hbond substituents is 1. The van der Waals surface area contributed by atoms with Gasteiger partial charge in [0, 0.05) is 11.6 Å². The van der Waals surface area contributed by atoms with Crippen molar-refractivity contribution in [1.82, 2.24) is 0 Å². The SMILES string of the molecule is C=C(c1ccccc1)C(O)c1ccc(OC)cc1O. The van der Waals surface area contributed by atoms with Crippen molar-refractivity contribution in [2.24, 2.45) is 0 Å². The van der Waals surface area contributed by atoms with Crippen molar-refractivity contribution < 1.29 is 14.9 Å². The molecule has 2 N–H and O–H groups in total. The monoisotopic (exact) mass is 256 g/mol. The summed E-state index contributed by atoms with van der Waals surface area (Å²) in [5.74, 6) is 0.530. The standard InChI is InChI=1S/C16H16O3/c1-11(12-6-4-3-5-7-12)16(18)14-9-8-13(19-2)10-15(14)17/h3-10,16-18H,1H2,2H3. The summed E-state index contributed by atoms with van der Waals surface area (Å²) in [5.41, 5.74) is 1.79. The molecule has 0 aliphatic carbocycles. The van der Waals surface area contributed by atoms with E-state index in [2.05, 4.69) is 6.58 Å². The minimum atomic E-state index is -0.951. The highest BCUT2D eigenvalue weighted by atomic mass is 16.5. The van der Waals surface area contributed by atoms with Crippen molar-refractivity contribution in [3.63, 3.8) is 0 Å². The quantitative estimate of drug-likeness (QED) is 0.883. The molecule has 2 rings (SSSR count). The van der Waals surface area contributed by atoms with Crippen LogP contribution in [-0.4, -0.2) is 17.3 Å². The van der Waals surface area contributed by atoms with Gasteiger partial charge in [-0.25, -0.2) is 0 Å². The molecule has 2 aromatic rings. The Morgan fingerprint density at radius 3 is 2.42 bits per heavy atom. The van der Waals surface area contributed by atoms with Crippen LogP contribution in [0, 0.1) is 0 Å². The summed E-state index contributed by atoms with van der Waals surface area (Å²) in [6.45, 7) is 3.89. The van der Waals surface area contributed by atoms with Crippen LogP contribution < -0.4 is 4.74 Å². The molecule has 2 aromatic carbocycles. The summed E-state index contributed by atoms with van der Waals surface area (Å²) in [6.07, 6.45) is -0.951. The van der Waals surface area contributed by atoms with Crippen LogP contribution in [0.4, 0.5) is 0 Å². The van der Waals surface area contributed by atoms with Crippen molar-refractivity contribution in [1.29, 1.82) is 0 Å². The fourth-order valence-corrected chi connectivity index (χ4v) is 1.88. The van der Waals surface area contributed by atoms with E-state index in [1.165, 1.54) is 13.2 Å².